The van der Waals surface area contributed by atoms with Crippen LogP contribution in [0.1, 0.15) is 34.3 Å². The molecular formula is C19H23N3O2. The average Bonchev–Trinajstić information content (AvgIpc) is 2.58. The number of amides is 1. The molecule has 0 saturated carbocycles. The average molecular weight is 325 g/mol. The van der Waals surface area contributed by atoms with Gasteiger partial charge in [0.05, 0.1) is 0 Å². The molecule has 1 saturated heterocycles. The van der Waals surface area contributed by atoms with Crippen LogP contribution in [0.15, 0.2) is 48.8 Å². The summed E-state index contributed by atoms with van der Waals surface area (Å²) in [5.74, 6) is -0.169. The van der Waals surface area contributed by atoms with Crippen molar-refractivity contribution in [3.63, 3.8) is 0 Å². The van der Waals surface area contributed by atoms with Crippen molar-refractivity contribution in [2.45, 2.75) is 32.4 Å². The lowest BCUT2D eigenvalue weighted by atomic mass is 10.0. The Labute approximate surface area is 142 Å². The lowest BCUT2D eigenvalue weighted by molar-refractivity contribution is -0.605. The molecule has 5 nitrogen and oxygen atoms in total. The first kappa shape index (κ1) is 16.5. The van der Waals surface area contributed by atoms with Crippen LogP contribution in [0.3, 0.4) is 0 Å². The molecule has 1 aromatic carbocycles. The molecule has 0 bridgehead atoms. The van der Waals surface area contributed by atoms with Crippen LogP contribution in [0.25, 0.3) is 0 Å². The van der Waals surface area contributed by atoms with Crippen LogP contribution in [0, 0.1) is 12.1 Å². The smallest absolute Gasteiger partial charge is 0.257 e. The molecule has 126 valence electrons. The van der Waals surface area contributed by atoms with Gasteiger partial charge in [0.15, 0.2) is 12.4 Å². The van der Waals surface area contributed by atoms with E-state index in [2.05, 4.69) is 41.4 Å². The van der Waals surface area contributed by atoms with Crippen LogP contribution >= 0.6 is 0 Å². The first-order valence-corrected chi connectivity index (χ1v) is 8.38. The number of nitrogens with one attached hydrogen (secondary N) is 1. The van der Waals surface area contributed by atoms with Crippen molar-refractivity contribution in [1.82, 2.24) is 10.2 Å². The maximum Gasteiger partial charge on any atom is 0.257 e. The highest BCUT2D eigenvalue weighted by molar-refractivity contribution is 5.93. The van der Waals surface area contributed by atoms with E-state index in [4.69, 9.17) is 0 Å². The fourth-order valence-corrected chi connectivity index (χ4v) is 3.12. The number of aryl methyl sites for hydroxylation is 1. The van der Waals surface area contributed by atoms with Crippen molar-refractivity contribution in [2.75, 3.05) is 13.1 Å². The highest BCUT2D eigenvalue weighted by Gasteiger charge is 2.22. The lowest BCUT2D eigenvalue weighted by Crippen LogP contribution is -2.44. The molecule has 1 aliphatic rings. The third kappa shape index (κ3) is 4.11. The van der Waals surface area contributed by atoms with Gasteiger partial charge < -0.3 is 10.5 Å². The van der Waals surface area contributed by atoms with Gasteiger partial charge in [-0.2, -0.15) is 4.73 Å². The van der Waals surface area contributed by atoms with E-state index in [9.17, 15) is 10.0 Å². The fourth-order valence-electron chi connectivity index (χ4n) is 3.12. The first-order chi connectivity index (χ1) is 11.6. The maximum absolute atomic E-state index is 12.2. The minimum absolute atomic E-state index is 0.169. The Balaban J connectivity index is 1.50. The minimum Gasteiger partial charge on any atom is -0.619 e. The second kappa shape index (κ2) is 7.45. The minimum atomic E-state index is -0.169. The van der Waals surface area contributed by atoms with Crippen molar-refractivity contribution in [1.29, 1.82) is 0 Å². The second-order valence-corrected chi connectivity index (χ2v) is 6.40. The molecule has 24 heavy (non-hydrogen) atoms. The van der Waals surface area contributed by atoms with Crippen LogP contribution < -0.4 is 10.0 Å². The summed E-state index contributed by atoms with van der Waals surface area (Å²) in [6.07, 6.45) is 4.55. The van der Waals surface area contributed by atoms with Crippen molar-refractivity contribution < 1.29 is 9.52 Å². The number of pyridine rings is 1. The highest BCUT2D eigenvalue weighted by Crippen LogP contribution is 2.16. The van der Waals surface area contributed by atoms with Crippen LogP contribution in [-0.4, -0.2) is 29.9 Å². The molecule has 1 aliphatic heterocycles. The van der Waals surface area contributed by atoms with Gasteiger partial charge >= 0.3 is 0 Å². The van der Waals surface area contributed by atoms with Gasteiger partial charge in [-0.3, -0.25) is 9.69 Å². The van der Waals surface area contributed by atoms with E-state index in [1.54, 1.807) is 12.1 Å². The molecule has 1 aromatic heterocycles. The number of benzene rings is 1. The lowest BCUT2D eigenvalue weighted by Gasteiger charge is -2.32. The zero-order valence-corrected chi connectivity index (χ0v) is 13.9. The maximum atomic E-state index is 12.2. The number of hydrogen-bond donors (Lipinski definition) is 1. The number of aromatic nitrogens is 1. The summed E-state index contributed by atoms with van der Waals surface area (Å²) in [5.41, 5.74) is 3.10. The largest absolute Gasteiger partial charge is 0.619 e. The predicted octanol–water partition coefficient (Wildman–Crippen LogP) is 2.02. The molecule has 0 atom stereocenters. The molecule has 0 aliphatic carbocycles. The summed E-state index contributed by atoms with van der Waals surface area (Å²) in [6.45, 7) is 5.04. The Morgan fingerprint density at radius 1 is 1.25 bits per heavy atom. The first-order valence-electron chi connectivity index (χ1n) is 8.38. The van der Waals surface area contributed by atoms with E-state index in [1.807, 2.05) is 0 Å². The van der Waals surface area contributed by atoms with E-state index < -0.39 is 0 Å². The summed E-state index contributed by atoms with van der Waals surface area (Å²) in [4.78, 5) is 14.6. The van der Waals surface area contributed by atoms with Gasteiger partial charge in [-0.15, -0.1) is 0 Å². The summed E-state index contributed by atoms with van der Waals surface area (Å²) in [5, 5.41) is 14.3. The van der Waals surface area contributed by atoms with Crippen molar-refractivity contribution in [2.24, 2.45) is 0 Å². The Morgan fingerprint density at radius 2 is 2.00 bits per heavy atom. The number of nitrogens with zero attached hydrogens (tertiary/aromatic N) is 2. The standard InChI is InChI=1S/C19H23N3O2/c1-15-5-2-3-6-16(15)13-21-11-8-18(9-12-21)20-19(23)17-7-4-10-22(24)14-17/h2-7,10,14,18H,8-9,11-13H2,1H3,(H,20,23). The van der Waals surface area contributed by atoms with Crippen LogP contribution in [-0.2, 0) is 6.54 Å². The summed E-state index contributed by atoms with van der Waals surface area (Å²) in [7, 11) is 0. The molecule has 0 radical (unpaired) electrons. The molecule has 1 amide bonds. The zero-order chi connectivity index (χ0) is 16.9. The number of carbonyl (C=O) groups excluding carboxylic acids is 1. The topological polar surface area (TPSA) is 59.3 Å². The molecule has 3 rings (SSSR count). The molecule has 2 heterocycles. The Hall–Kier alpha value is -2.40. The van der Waals surface area contributed by atoms with Crippen LogP contribution in [0.2, 0.25) is 0 Å². The van der Waals surface area contributed by atoms with E-state index in [0.29, 0.717) is 10.3 Å². The SMILES string of the molecule is Cc1ccccc1CN1CCC(NC(=O)c2ccc[n+]([O-])c2)CC1. The van der Waals surface area contributed by atoms with Gasteiger partial charge in [-0.05, 0) is 37.0 Å². The molecule has 1 fully saturated rings. The number of rotatable bonds is 4. The quantitative estimate of drug-likeness (QED) is 0.691. The molecule has 2 aromatic rings. The third-order valence-corrected chi connectivity index (χ3v) is 4.62. The van der Waals surface area contributed by atoms with Crippen molar-refractivity contribution in [3.05, 3.63) is 70.7 Å². The van der Waals surface area contributed by atoms with Crippen molar-refractivity contribution >= 4 is 5.91 Å². The summed E-state index contributed by atoms with van der Waals surface area (Å²) < 4.78 is 0.652. The normalized spacial score (nSPS) is 16.0. The number of hydrogen-bond acceptors (Lipinski definition) is 3. The molecule has 0 spiro atoms. The van der Waals surface area contributed by atoms with Gasteiger partial charge in [0.2, 0.25) is 0 Å². The second-order valence-electron chi connectivity index (χ2n) is 6.40. The Bertz CT molecular complexity index is 709. The van der Waals surface area contributed by atoms with Crippen molar-refractivity contribution in [3.8, 4) is 0 Å². The molecule has 1 N–H and O–H groups in total. The number of carbonyl (C=O) groups is 1. The molecular weight excluding hydrogens is 302 g/mol. The fraction of sp³-hybridized carbons (Fsp3) is 0.368. The monoisotopic (exact) mass is 325 g/mol. The highest BCUT2D eigenvalue weighted by atomic mass is 16.5. The Morgan fingerprint density at radius 3 is 2.71 bits per heavy atom. The molecule has 5 heteroatoms. The van der Waals surface area contributed by atoms with Gasteiger partial charge in [-0.1, -0.05) is 24.3 Å². The van der Waals surface area contributed by atoms with Gasteiger partial charge in [0, 0.05) is 31.7 Å². The van der Waals surface area contributed by atoms with Gasteiger partial charge in [-0.25, -0.2) is 0 Å². The summed E-state index contributed by atoms with van der Waals surface area (Å²) in [6, 6.07) is 11.9. The molecule has 0 unspecified atom stereocenters. The van der Waals surface area contributed by atoms with Crippen LogP contribution in [0.4, 0.5) is 0 Å². The van der Waals surface area contributed by atoms with E-state index in [0.717, 1.165) is 32.5 Å². The van der Waals surface area contributed by atoms with E-state index >= 15 is 0 Å². The van der Waals surface area contributed by atoms with Crippen LogP contribution in [0.5, 0.6) is 0 Å². The predicted molar refractivity (Wildman–Crippen MR) is 92.3 cm³/mol. The Kier molecular flexibility index (Phi) is 5.11. The van der Waals surface area contributed by atoms with Gasteiger partial charge in [0.25, 0.3) is 5.91 Å². The van der Waals surface area contributed by atoms with Gasteiger partial charge in [0.1, 0.15) is 5.56 Å². The number of piperidine rings is 1. The van der Waals surface area contributed by atoms with E-state index in [-0.39, 0.29) is 11.9 Å². The number of likely N-dealkylation sites (tertiary alicyclic amines) is 1. The third-order valence-electron chi connectivity index (χ3n) is 4.62. The summed E-state index contributed by atoms with van der Waals surface area (Å²) >= 11 is 0. The van der Waals surface area contributed by atoms with E-state index in [1.165, 1.54) is 23.5 Å². The zero-order valence-electron chi connectivity index (χ0n) is 13.9.